The molecule has 2 aromatic rings. The molecule has 7 heteroatoms. The van der Waals surface area contributed by atoms with Crippen LogP contribution in [0.15, 0.2) is 59.5 Å². The van der Waals surface area contributed by atoms with E-state index < -0.39 is 16.1 Å². The number of likely N-dealkylation sites (tertiary alicyclic amines) is 1. The molecule has 0 aliphatic carbocycles. The van der Waals surface area contributed by atoms with Gasteiger partial charge in [-0.3, -0.25) is 4.79 Å². The van der Waals surface area contributed by atoms with E-state index in [1.54, 1.807) is 17.0 Å². The fourth-order valence-corrected chi connectivity index (χ4v) is 4.51. The molecule has 1 aliphatic rings. The summed E-state index contributed by atoms with van der Waals surface area (Å²) in [4.78, 5) is 14.8. The maximum atomic E-state index is 13.0. The Morgan fingerprint density at radius 1 is 1.07 bits per heavy atom. The fourth-order valence-electron chi connectivity index (χ4n) is 3.32. The molecular weight excluding hydrogens is 376 g/mol. The molecule has 1 saturated heterocycles. The number of hydrogen-bond donors (Lipinski definition) is 1. The van der Waals surface area contributed by atoms with Crippen molar-refractivity contribution in [1.29, 1.82) is 0 Å². The predicted octanol–water partition coefficient (Wildman–Crippen LogP) is 2.60. The third kappa shape index (κ3) is 5.11. The average Bonchev–Trinajstić information content (AvgIpc) is 3.23. The van der Waals surface area contributed by atoms with Crippen LogP contribution >= 0.6 is 0 Å². The van der Waals surface area contributed by atoms with Crippen LogP contribution < -0.4 is 9.46 Å². The number of nitrogens with zero attached hydrogens (tertiary/aromatic N) is 1. The molecule has 1 amide bonds. The summed E-state index contributed by atoms with van der Waals surface area (Å²) in [5, 5.41) is 0. The van der Waals surface area contributed by atoms with Gasteiger partial charge in [-0.05, 0) is 56.0 Å². The first-order valence-electron chi connectivity index (χ1n) is 9.57. The first-order valence-corrected chi connectivity index (χ1v) is 11.1. The van der Waals surface area contributed by atoms with Gasteiger partial charge in [0, 0.05) is 13.1 Å². The highest BCUT2D eigenvalue weighted by molar-refractivity contribution is 7.89. The van der Waals surface area contributed by atoms with Crippen molar-refractivity contribution in [1.82, 2.24) is 9.62 Å². The van der Waals surface area contributed by atoms with E-state index in [1.165, 1.54) is 12.1 Å². The van der Waals surface area contributed by atoms with Crippen LogP contribution in [0.5, 0.6) is 5.75 Å². The summed E-state index contributed by atoms with van der Waals surface area (Å²) in [6.07, 6.45) is 2.22. The Balaban J connectivity index is 1.81. The Bertz CT molecular complexity index is 876. The zero-order valence-electron chi connectivity index (χ0n) is 16.0. The maximum Gasteiger partial charge on any atom is 0.241 e. The van der Waals surface area contributed by atoms with E-state index in [4.69, 9.17) is 4.74 Å². The number of carbonyl (C=O) groups is 1. The lowest BCUT2D eigenvalue weighted by Gasteiger charge is -2.24. The molecule has 0 radical (unpaired) electrons. The molecular formula is C21H26N2O4S. The van der Waals surface area contributed by atoms with Crippen molar-refractivity contribution >= 4 is 15.9 Å². The van der Waals surface area contributed by atoms with Crippen LogP contribution in [-0.4, -0.2) is 45.0 Å². The van der Waals surface area contributed by atoms with Gasteiger partial charge in [-0.1, -0.05) is 30.3 Å². The Kier molecular flexibility index (Phi) is 6.70. The zero-order valence-corrected chi connectivity index (χ0v) is 16.8. The van der Waals surface area contributed by atoms with Crippen LogP contribution in [0.1, 0.15) is 25.3 Å². The summed E-state index contributed by atoms with van der Waals surface area (Å²) in [5.41, 5.74) is 0.912. The quantitative estimate of drug-likeness (QED) is 0.736. The second kappa shape index (κ2) is 9.21. The Morgan fingerprint density at radius 2 is 1.71 bits per heavy atom. The topological polar surface area (TPSA) is 75.7 Å². The molecule has 150 valence electrons. The number of sulfonamides is 1. The van der Waals surface area contributed by atoms with E-state index in [0.29, 0.717) is 31.9 Å². The third-order valence-electron chi connectivity index (χ3n) is 4.74. The van der Waals surface area contributed by atoms with Gasteiger partial charge in [-0.2, -0.15) is 4.72 Å². The molecule has 1 fully saturated rings. The van der Waals surface area contributed by atoms with Crippen LogP contribution in [-0.2, 0) is 21.2 Å². The molecule has 6 nitrogen and oxygen atoms in total. The van der Waals surface area contributed by atoms with Gasteiger partial charge in [0.15, 0.2) is 0 Å². The molecule has 0 bridgehead atoms. The monoisotopic (exact) mass is 402 g/mol. The summed E-state index contributed by atoms with van der Waals surface area (Å²) in [6, 6.07) is 14.8. The molecule has 3 rings (SSSR count). The van der Waals surface area contributed by atoms with E-state index >= 15 is 0 Å². The lowest BCUT2D eigenvalue weighted by molar-refractivity contribution is -0.131. The molecule has 1 heterocycles. The van der Waals surface area contributed by atoms with Crippen LogP contribution in [0.3, 0.4) is 0 Å². The molecule has 0 unspecified atom stereocenters. The zero-order chi connectivity index (χ0) is 20.0. The summed E-state index contributed by atoms with van der Waals surface area (Å²) in [5.74, 6) is 0.436. The third-order valence-corrected chi connectivity index (χ3v) is 6.23. The van der Waals surface area contributed by atoms with E-state index in [2.05, 4.69) is 4.72 Å². The van der Waals surface area contributed by atoms with E-state index in [0.717, 1.165) is 18.4 Å². The summed E-state index contributed by atoms with van der Waals surface area (Å²) in [6.45, 7) is 3.72. The van der Waals surface area contributed by atoms with Gasteiger partial charge in [0.25, 0.3) is 0 Å². The average molecular weight is 403 g/mol. The van der Waals surface area contributed by atoms with Crippen molar-refractivity contribution in [2.45, 2.75) is 37.1 Å². The van der Waals surface area contributed by atoms with Crippen LogP contribution in [0.25, 0.3) is 0 Å². The standard InChI is InChI=1S/C21H26N2O4S/c1-2-27-18-10-12-19(13-11-18)28(25,26)22-20(16-17-8-4-3-5-9-17)21(24)23-14-6-7-15-23/h3-5,8-13,20,22H,2,6-7,14-16H2,1H3/t20-/m1/s1. The molecule has 0 aromatic heterocycles. The van der Waals surface area contributed by atoms with Crippen LogP contribution in [0.4, 0.5) is 0 Å². The lowest BCUT2D eigenvalue weighted by Crippen LogP contribution is -2.48. The maximum absolute atomic E-state index is 13.0. The van der Waals surface area contributed by atoms with E-state index in [9.17, 15) is 13.2 Å². The second-order valence-corrected chi connectivity index (χ2v) is 8.51. The van der Waals surface area contributed by atoms with Gasteiger partial charge in [0.1, 0.15) is 11.8 Å². The predicted molar refractivity (Wildman–Crippen MR) is 108 cm³/mol. The number of carbonyl (C=O) groups excluding carboxylic acids is 1. The largest absolute Gasteiger partial charge is 0.494 e. The minimum absolute atomic E-state index is 0.114. The first kappa shape index (κ1) is 20.4. The smallest absolute Gasteiger partial charge is 0.241 e. The molecule has 1 atom stereocenters. The SMILES string of the molecule is CCOc1ccc(S(=O)(=O)N[C@H](Cc2ccccc2)C(=O)N2CCCC2)cc1. The number of amides is 1. The van der Waals surface area contributed by atoms with Gasteiger partial charge >= 0.3 is 0 Å². The highest BCUT2D eigenvalue weighted by atomic mass is 32.2. The molecule has 28 heavy (non-hydrogen) atoms. The Morgan fingerprint density at radius 3 is 2.32 bits per heavy atom. The van der Waals surface area contributed by atoms with Gasteiger partial charge < -0.3 is 9.64 Å². The van der Waals surface area contributed by atoms with Gasteiger partial charge in [0.2, 0.25) is 15.9 Å². The number of ether oxygens (including phenoxy) is 1. The number of benzene rings is 2. The number of hydrogen-bond acceptors (Lipinski definition) is 4. The fraction of sp³-hybridized carbons (Fsp3) is 0.381. The van der Waals surface area contributed by atoms with E-state index in [-0.39, 0.29) is 10.8 Å². The van der Waals surface area contributed by atoms with Crippen LogP contribution in [0, 0.1) is 0 Å². The molecule has 2 aromatic carbocycles. The summed E-state index contributed by atoms with van der Waals surface area (Å²) in [7, 11) is -3.84. The van der Waals surface area contributed by atoms with Gasteiger partial charge in [0.05, 0.1) is 11.5 Å². The highest BCUT2D eigenvalue weighted by Gasteiger charge is 2.30. The lowest BCUT2D eigenvalue weighted by atomic mass is 10.1. The minimum Gasteiger partial charge on any atom is -0.494 e. The second-order valence-electron chi connectivity index (χ2n) is 6.80. The summed E-state index contributed by atoms with van der Waals surface area (Å²) >= 11 is 0. The molecule has 0 saturated carbocycles. The van der Waals surface area contributed by atoms with Crippen molar-refractivity contribution in [2.24, 2.45) is 0 Å². The minimum atomic E-state index is -3.84. The molecule has 1 N–H and O–H groups in total. The number of rotatable bonds is 8. The highest BCUT2D eigenvalue weighted by Crippen LogP contribution is 2.18. The van der Waals surface area contributed by atoms with Gasteiger partial charge in [-0.15, -0.1) is 0 Å². The van der Waals surface area contributed by atoms with Crippen molar-refractivity contribution in [3.8, 4) is 5.75 Å². The van der Waals surface area contributed by atoms with Crippen LogP contribution in [0.2, 0.25) is 0 Å². The first-order chi connectivity index (χ1) is 13.5. The number of nitrogens with one attached hydrogen (secondary N) is 1. The van der Waals surface area contributed by atoms with E-state index in [1.807, 2.05) is 37.3 Å². The summed E-state index contributed by atoms with van der Waals surface area (Å²) < 4.78 is 33.8. The normalized spacial score (nSPS) is 15.4. The van der Waals surface area contributed by atoms with Crippen molar-refractivity contribution in [3.05, 3.63) is 60.2 Å². The van der Waals surface area contributed by atoms with Crippen molar-refractivity contribution in [2.75, 3.05) is 19.7 Å². The van der Waals surface area contributed by atoms with Crippen molar-refractivity contribution in [3.63, 3.8) is 0 Å². The molecule has 0 spiro atoms. The molecule has 1 aliphatic heterocycles. The van der Waals surface area contributed by atoms with Crippen molar-refractivity contribution < 1.29 is 17.9 Å². The Hall–Kier alpha value is -2.38. The Labute approximate surface area is 166 Å². The van der Waals surface area contributed by atoms with Gasteiger partial charge in [-0.25, -0.2) is 8.42 Å².